The highest BCUT2D eigenvalue weighted by molar-refractivity contribution is 5.36. The number of rotatable bonds is 4. The van der Waals surface area contributed by atoms with Crippen molar-refractivity contribution in [1.29, 1.82) is 0 Å². The van der Waals surface area contributed by atoms with Gasteiger partial charge in [0.2, 0.25) is 0 Å². The van der Waals surface area contributed by atoms with E-state index in [0.29, 0.717) is 5.56 Å². The molecule has 1 aromatic carbocycles. The molecular formula is C11H13F4NO. The lowest BCUT2D eigenvalue weighted by Crippen LogP contribution is -2.15. The lowest BCUT2D eigenvalue weighted by Gasteiger charge is -2.15. The quantitative estimate of drug-likeness (QED) is 0.834. The van der Waals surface area contributed by atoms with Crippen LogP contribution in [-0.2, 0) is 0 Å². The molecule has 2 nitrogen and oxygen atoms in total. The van der Waals surface area contributed by atoms with Crippen molar-refractivity contribution in [2.45, 2.75) is 25.6 Å². The van der Waals surface area contributed by atoms with E-state index in [0.717, 1.165) is 6.07 Å². The maximum absolute atomic E-state index is 13.4. The summed E-state index contributed by atoms with van der Waals surface area (Å²) in [7, 11) is 0. The average molecular weight is 251 g/mol. The molecule has 0 radical (unpaired) electrons. The van der Waals surface area contributed by atoms with E-state index in [1.165, 1.54) is 12.1 Å². The van der Waals surface area contributed by atoms with Crippen LogP contribution in [0.1, 0.15) is 24.9 Å². The van der Waals surface area contributed by atoms with Gasteiger partial charge in [-0.15, -0.1) is 0 Å². The molecule has 2 N–H and O–H groups in total. The molecular weight excluding hydrogens is 238 g/mol. The molecule has 0 fully saturated rings. The van der Waals surface area contributed by atoms with Crippen molar-refractivity contribution in [3.05, 3.63) is 29.6 Å². The van der Waals surface area contributed by atoms with E-state index in [2.05, 4.69) is 0 Å². The fourth-order valence-electron chi connectivity index (χ4n) is 1.31. The molecule has 0 saturated carbocycles. The molecule has 0 aromatic heterocycles. The number of ether oxygens (including phenoxy) is 1. The number of nitrogens with two attached hydrogens (primary N) is 1. The Kier molecular flexibility index (Phi) is 4.34. The van der Waals surface area contributed by atoms with Crippen molar-refractivity contribution in [2.75, 3.05) is 6.61 Å². The van der Waals surface area contributed by atoms with Crippen molar-refractivity contribution >= 4 is 0 Å². The summed E-state index contributed by atoms with van der Waals surface area (Å²) >= 11 is 0. The molecule has 0 heterocycles. The third-order valence-corrected chi connectivity index (χ3v) is 2.12. The van der Waals surface area contributed by atoms with Crippen LogP contribution in [0.5, 0.6) is 5.75 Å². The highest BCUT2D eigenvalue weighted by Gasteiger charge is 2.27. The van der Waals surface area contributed by atoms with Gasteiger partial charge in [-0.05, 0) is 13.0 Å². The van der Waals surface area contributed by atoms with Crippen molar-refractivity contribution < 1.29 is 22.3 Å². The van der Waals surface area contributed by atoms with Crippen LogP contribution >= 0.6 is 0 Å². The summed E-state index contributed by atoms with van der Waals surface area (Å²) in [6.45, 7) is 0.982. The topological polar surface area (TPSA) is 35.2 Å². The summed E-state index contributed by atoms with van der Waals surface area (Å²) in [4.78, 5) is 0. The smallest absolute Gasteiger partial charge is 0.392 e. The van der Waals surface area contributed by atoms with Crippen LogP contribution in [0.4, 0.5) is 17.6 Å². The standard InChI is InChI=1S/C11H13F4NO/c1-7(16)8-3-2-4-9(12)10(8)17-6-5-11(13,14)15/h2-4,7H,5-6,16H2,1H3. The molecule has 0 saturated heterocycles. The molecule has 17 heavy (non-hydrogen) atoms. The van der Waals surface area contributed by atoms with E-state index >= 15 is 0 Å². The lowest BCUT2D eigenvalue weighted by atomic mass is 10.1. The number of hydrogen-bond acceptors (Lipinski definition) is 2. The van der Waals surface area contributed by atoms with Gasteiger partial charge in [0.25, 0.3) is 0 Å². The van der Waals surface area contributed by atoms with E-state index in [9.17, 15) is 17.6 Å². The Morgan fingerprint density at radius 2 is 2.00 bits per heavy atom. The van der Waals surface area contributed by atoms with Crippen molar-refractivity contribution in [3.8, 4) is 5.75 Å². The van der Waals surface area contributed by atoms with Crippen LogP contribution < -0.4 is 10.5 Å². The van der Waals surface area contributed by atoms with E-state index in [-0.39, 0.29) is 5.75 Å². The normalized spacial score (nSPS) is 13.5. The van der Waals surface area contributed by atoms with Gasteiger partial charge in [0.05, 0.1) is 13.0 Å². The van der Waals surface area contributed by atoms with Crippen molar-refractivity contribution in [2.24, 2.45) is 5.73 Å². The Morgan fingerprint density at radius 3 is 2.53 bits per heavy atom. The van der Waals surface area contributed by atoms with Gasteiger partial charge in [0, 0.05) is 11.6 Å². The van der Waals surface area contributed by atoms with Gasteiger partial charge < -0.3 is 10.5 Å². The maximum atomic E-state index is 13.4. The second kappa shape index (κ2) is 5.35. The first-order valence-corrected chi connectivity index (χ1v) is 5.05. The monoisotopic (exact) mass is 251 g/mol. The largest absolute Gasteiger partial charge is 0.490 e. The highest BCUT2D eigenvalue weighted by Crippen LogP contribution is 2.28. The fraction of sp³-hybridized carbons (Fsp3) is 0.455. The predicted octanol–water partition coefficient (Wildman–Crippen LogP) is 3.18. The minimum atomic E-state index is -4.32. The zero-order valence-corrected chi connectivity index (χ0v) is 9.22. The predicted molar refractivity (Wildman–Crippen MR) is 55.2 cm³/mol. The number of benzene rings is 1. The summed E-state index contributed by atoms with van der Waals surface area (Å²) in [5, 5.41) is 0. The second-order valence-electron chi connectivity index (χ2n) is 3.66. The van der Waals surface area contributed by atoms with E-state index < -0.39 is 31.1 Å². The molecule has 6 heteroatoms. The molecule has 0 spiro atoms. The zero-order chi connectivity index (χ0) is 13.1. The molecule has 1 aromatic rings. The van der Waals surface area contributed by atoms with Crippen molar-refractivity contribution in [1.82, 2.24) is 0 Å². The van der Waals surface area contributed by atoms with E-state index in [1.807, 2.05) is 0 Å². The molecule has 96 valence electrons. The third kappa shape index (κ3) is 4.22. The SMILES string of the molecule is CC(N)c1cccc(F)c1OCCC(F)(F)F. The molecule has 1 rings (SSSR count). The number of hydrogen-bond donors (Lipinski definition) is 1. The second-order valence-corrected chi connectivity index (χ2v) is 3.66. The summed E-state index contributed by atoms with van der Waals surface area (Å²) < 4.78 is 54.0. The summed E-state index contributed by atoms with van der Waals surface area (Å²) in [6.07, 6.45) is -5.44. The Bertz CT molecular complexity index is 376. The first-order valence-electron chi connectivity index (χ1n) is 5.05. The first kappa shape index (κ1) is 13.8. The van der Waals surface area contributed by atoms with Crippen LogP contribution in [0.3, 0.4) is 0 Å². The van der Waals surface area contributed by atoms with E-state index in [1.54, 1.807) is 6.92 Å². The number of para-hydroxylation sites is 1. The van der Waals surface area contributed by atoms with Gasteiger partial charge in [-0.1, -0.05) is 12.1 Å². The van der Waals surface area contributed by atoms with Gasteiger partial charge in [-0.3, -0.25) is 0 Å². The Balaban J connectivity index is 2.76. The molecule has 0 amide bonds. The van der Waals surface area contributed by atoms with Crippen LogP contribution in [0.2, 0.25) is 0 Å². The van der Waals surface area contributed by atoms with Crippen LogP contribution in [0, 0.1) is 5.82 Å². The van der Waals surface area contributed by atoms with Crippen LogP contribution in [0.15, 0.2) is 18.2 Å². The minimum absolute atomic E-state index is 0.202. The van der Waals surface area contributed by atoms with Gasteiger partial charge in [-0.25, -0.2) is 4.39 Å². The Labute approximate surface area is 96.4 Å². The molecule has 0 bridgehead atoms. The van der Waals surface area contributed by atoms with Gasteiger partial charge >= 0.3 is 6.18 Å². The average Bonchev–Trinajstić information content (AvgIpc) is 2.18. The molecule has 0 aliphatic carbocycles. The molecule has 0 aliphatic heterocycles. The van der Waals surface area contributed by atoms with Gasteiger partial charge in [-0.2, -0.15) is 13.2 Å². The first-order chi connectivity index (χ1) is 7.81. The van der Waals surface area contributed by atoms with E-state index in [4.69, 9.17) is 10.5 Å². The van der Waals surface area contributed by atoms with Crippen LogP contribution in [-0.4, -0.2) is 12.8 Å². The summed E-state index contributed by atoms with van der Waals surface area (Å²) in [6, 6.07) is 3.57. The third-order valence-electron chi connectivity index (χ3n) is 2.12. The molecule has 0 aliphatic rings. The van der Waals surface area contributed by atoms with Crippen LogP contribution in [0.25, 0.3) is 0 Å². The highest BCUT2D eigenvalue weighted by atomic mass is 19.4. The minimum Gasteiger partial charge on any atom is -0.490 e. The lowest BCUT2D eigenvalue weighted by molar-refractivity contribution is -0.139. The number of halogens is 4. The zero-order valence-electron chi connectivity index (χ0n) is 9.22. The summed E-state index contributed by atoms with van der Waals surface area (Å²) in [5.41, 5.74) is 5.93. The Hall–Kier alpha value is -1.30. The van der Waals surface area contributed by atoms with Crippen molar-refractivity contribution in [3.63, 3.8) is 0 Å². The van der Waals surface area contributed by atoms with Gasteiger partial charge in [0.15, 0.2) is 11.6 Å². The molecule has 1 atom stereocenters. The Morgan fingerprint density at radius 1 is 1.35 bits per heavy atom. The fourth-order valence-corrected chi connectivity index (χ4v) is 1.31. The number of alkyl halides is 3. The van der Waals surface area contributed by atoms with Gasteiger partial charge in [0.1, 0.15) is 0 Å². The molecule has 1 unspecified atom stereocenters. The summed E-state index contributed by atoms with van der Waals surface area (Å²) in [5.74, 6) is -0.909. The maximum Gasteiger partial charge on any atom is 0.392 e.